The number of hydrogen-bond acceptors (Lipinski definition) is 2. The van der Waals surface area contributed by atoms with Gasteiger partial charge in [-0.15, -0.1) is 0 Å². The van der Waals surface area contributed by atoms with Crippen LogP contribution >= 0.6 is 20.8 Å². The third-order valence-corrected chi connectivity index (χ3v) is 19.3. The molecule has 0 N–H and O–H groups in total. The van der Waals surface area contributed by atoms with Crippen LogP contribution in [0.5, 0.6) is 0 Å². The molecule has 2 nitrogen and oxygen atoms in total. The Hall–Kier alpha value is -1.77. The second-order valence-corrected chi connectivity index (χ2v) is 21.8. The Kier molecular flexibility index (Phi) is 14.7. The van der Waals surface area contributed by atoms with Crippen LogP contribution in [0.4, 0.5) is 0 Å². The van der Waals surface area contributed by atoms with Crippen molar-refractivity contribution in [3.63, 3.8) is 0 Å². The first kappa shape index (κ1) is 35.1. The van der Waals surface area contributed by atoms with E-state index in [2.05, 4.69) is 126 Å². The first-order chi connectivity index (χ1) is 21.5. The summed E-state index contributed by atoms with van der Waals surface area (Å²) < 4.78 is 12.6. The summed E-state index contributed by atoms with van der Waals surface area (Å²) in [5.74, 6) is 0. The predicted molar refractivity (Wildman–Crippen MR) is 198 cm³/mol. The summed E-state index contributed by atoms with van der Waals surface area (Å²) in [5.41, 5.74) is 1.43. The van der Waals surface area contributed by atoms with E-state index in [9.17, 15) is 0 Å². The van der Waals surface area contributed by atoms with Crippen molar-refractivity contribution in [1.29, 1.82) is 0 Å². The van der Waals surface area contributed by atoms with Crippen LogP contribution in [0, 0.1) is 0 Å². The summed E-state index contributed by atoms with van der Waals surface area (Å²) in [7, 11) is 0. The van der Waals surface area contributed by atoms with E-state index in [1.807, 2.05) is 0 Å². The quantitative estimate of drug-likeness (QED) is 0.0713. The van der Waals surface area contributed by atoms with Gasteiger partial charge in [0.15, 0.2) is 0 Å². The molecule has 0 amide bonds. The summed E-state index contributed by atoms with van der Waals surface area (Å²) >= 11 is 4.62. The normalized spacial score (nSPS) is 17.6. The molecule has 3 aromatic rings. The molecule has 1 fully saturated rings. The van der Waals surface area contributed by atoms with Gasteiger partial charge >= 0.3 is 252 Å². The van der Waals surface area contributed by atoms with Gasteiger partial charge in [-0.05, 0) is 0 Å². The second-order valence-electron chi connectivity index (χ2n) is 12.8. The Morgan fingerprint density at radius 1 is 0.773 bits per heavy atom. The maximum absolute atomic E-state index is 6.60. The fourth-order valence-corrected chi connectivity index (χ4v) is 14.5. The van der Waals surface area contributed by atoms with Crippen molar-refractivity contribution in [3.8, 4) is 0 Å². The minimum absolute atomic E-state index is 0.0495. The van der Waals surface area contributed by atoms with E-state index in [1.165, 1.54) is 79.3 Å². The van der Waals surface area contributed by atoms with E-state index in [-0.39, 0.29) is 12.4 Å². The van der Waals surface area contributed by atoms with Gasteiger partial charge in [0, 0.05) is 0 Å². The third-order valence-electron chi connectivity index (χ3n) is 9.31. The number of benzene rings is 3. The molecule has 0 radical (unpaired) electrons. The Morgan fingerprint density at radius 3 is 1.80 bits per heavy atom. The van der Waals surface area contributed by atoms with Crippen LogP contribution in [0.1, 0.15) is 104 Å². The molecule has 1 aliphatic heterocycles. The zero-order chi connectivity index (χ0) is 31.0. The molecule has 0 bridgehead atoms. The SMILES string of the molecule is CCCCCCCCCCC(/C=C(\C)CCCP(Br)(c1ccccc1)(c1ccccc1)c1ccccc1)OC1CCCCO1. The Morgan fingerprint density at radius 2 is 1.30 bits per heavy atom. The molecule has 2 atom stereocenters. The molecule has 2 unspecified atom stereocenters. The van der Waals surface area contributed by atoms with Gasteiger partial charge in [0.25, 0.3) is 0 Å². The van der Waals surface area contributed by atoms with E-state index in [0.717, 1.165) is 44.9 Å². The van der Waals surface area contributed by atoms with E-state index in [0.29, 0.717) is 0 Å². The van der Waals surface area contributed by atoms with Gasteiger partial charge in [0.2, 0.25) is 0 Å². The Labute approximate surface area is 276 Å². The molecular weight excluding hydrogens is 623 g/mol. The Balaban J connectivity index is 1.48. The van der Waals surface area contributed by atoms with E-state index in [1.54, 1.807) is 0 Å². The van der Waals surface area contributed by atoms with E-state index in [4.69, 9.17) is 9.47 Å². The monoisotopic (exact) mass is 678 g/mol. The van der Waals surface area contributed by atoms with Crippen LogP contribution in [-0.4, -0.2) is 25.2 Å². The third kappa shape index (κ3) is 9.62. The molecule has 240 valence electrons. The minimum atomic E-state index is -2.89. The molecule has 4 heteroatoms. The van der Waals surface area contributed by atoms with Crippen molar-refractivity contribution in [1.82, 2.24) is 0 Å². The number of rotatable bonds is 19. The summed E-state index contributed by atoms with van der Waals surface area (Å²) in [4.78, 5) is 0. The van der Waals surface area contributed by atoms with Crippen LogP contribution in [0.25, 0.3) is 0 Å². The number of allylic oxidation sites excluding steroid dienone is 1. The van der Waals surface area contributed by atoms with Gasteiger partial charge in [-0.1, -0.05) is 26.2 Å². The average Bonchev–Trinajstić information content (AvgIpc) is 3.07. The zero-order valence-corrected chi connectivity index (χ0v) is 29.8. The van der Waals surface area contributed by atoms with Gasteiger partial charge in [0.05, 0.1) is 0 Å². The Bertz CT molecular complexity index is 1120. The van der Waals surface area contributed by atoms with Crippen molar-refractivity contribution in [2.75, 3.05) is 12.8 Å². The van der Waals surface area contributed by atoms with Crippen molar-refractivity contribution in [3.05, 3.63) is 103 Å². The topological polar surface area (TPSA) is 18.5 Å². The number of unbranched alkanes of at least 4 members (excludes halogenated alkanes) is 7. The van der Waals surface area contributed by atoms with Crippen LogP contribution in [0.15, 0.2) is 103 Å². The second kappa shape index (κ2) is 18.4. The molecule has 0 saturated carbocycles. The van der Waals surface area contributed by atoms with Gasteiger partial charge in [-0.2, -0.15) is 0 Å². The first-order valence-electron chi connectivity index (χ1n) is 17.4. The molecule has 44 heavy (non-hydrogen) atoms. The van der Waals surface area contributed by atoms with Crippen LogP contribution in [0.2, 0.25) is 0 Å². The molecule has 1 saturated heterocycles. The van der Waals surface area contributed by atoms with Gasteiger partial charge in [-0.25, -0.2) is 0 Å². The maximum atomic E-state index is 6.60. The van der Waals surface area contributed by atoms with Crippen LogP contribution < -0.4 is 15.9 Å². The van der Waals surface area contributed by atoms with Gasteiger partial charge < -0.3 is 0 Å². The van der Waals surface area contributed by atoms with Crippen molar-refractivity contribution >= 4 is 36.7 Å². The fourth-order valence-electron chi connectivity index (χ4n) is 6.79. The number of halogens is 1. The molecule has 0 aromatic heterocycles. The molecule has 1 heterocycles. The molecule has 4 rings (SSSR count). The molecule has 0 spiro atoms. The van der Waals surface area contributed by atoms with Crippen molar-refractivity contribution in [2.45, 2.75) is 116 Å². The average molecular weight is 680 g/mol. The van der Waals surface area contributed by atoms with Crippen molar-refractivity contribution in [2.24, 2.45) is 0 Å². The zero-order valence-electron chi connectivity index (χ0n) is 27.3. The van der Waals surface area contributed by atoms with Crippen LogP contribution in [-0.2, 0) is 9.47 Å². The predicted octanol–water partition coefficient (Wildman–Crippen LogP) is 11.0. The molecular formula is C40H56BrO2P. The van der Waals surface area contributed by atoms with Gasteiger partial charge in [0.1, 0.15) is 0 Å². The van der Waals surface area contributed by atoms with E-state index < -0.39 is 5.31 Å². The van der Waals surface area contributed by atoms with Crippen LogP contribution in [0.3, 0.4) is 0 Å². The molecule has 0 aliphatic carbocycles. The summed E-state index contributed by atoms with van der Waals surface area (Å²) in [6.07, 6.45) is 20.9. The summed E-state index contributed by atoms with van der Waals surface area (Å²) in [5, 5.41) is 1.28. The fraction of sp³-hybridized carbons (Fsp3) is 0.500. The molecule has 1 aliphatic rings. The van der Waals surface area contributed by atoms with E-state index >= 15 is 0 Å². The number of hydrogen-bond donors (Lipinski definition) is 0. The van der Waals surface area contributed by atoms with Gasteiger partial charge in [-0.3, -0.25) is 0 Å². The number of ether oxygens (including phenoxy) is 2. The molecule has 3 aromatic carbocycles. The summed E-state index contributed by atoms with van der Waals surface area (Å²) in [6.45, 7) is 5.43. The first-order valence-corrected chi connectivity index (χ1v) is 21.8. The van der Waals surface area contributed by atoms with Crippen molar-refractivity contribution < 1.29 is 9.47 Å². The summed E-state index contributed by atoms with van der Waals surface area (Å²) in [6, 6.07) is 33.5. The standard InChI is InChI=1S/C40H56BrO2P/c1-3-4-5-6-7-8-9-13-24-36(43-40-31-20-21-32-42-40)34-35(2)23-22-33-44(41,37-25-14-10-15-26-37,38-27-16-11-17-28-38)39-29-18-12-19-30-39/h10-12,14-19,25-30,34,36,40H,3-9,13,20-24,31-33H2,1-2H3/b35-34+.